The second-order valence-electron chi connectivity index (χ2n) is 8.83. The Morgan fingerprint density at radius 1 is 1.31 bits per heavy atom. The van der Waals surface area contributed by atoms with Gasteiger partial charge in [0.05, 0.1) is 0 Å². The van der Waals surface area contributed by atoms with Gasteiger partial charge in [-0.05, 0) is 37.0 Å². The number of rotatable bonds is 7. The minimum Gasteiger partial charge on any atom is -0.330 e. The van der Waals surface area contributed by atoms with Crippen molar-refractivity contribution in [1.29, 1.82) is 0 Å². The second-order valence-corrected chi connectivity index (χ2v) is 9.73. The number of carbonyl (C=O) groups excluding carboxylic acids is 3. The van der Waals surface area contributed by atoms with E-state index in [1.165, 1.54) is 11.3 Å². The molecule has 1 spiro atoms. The van der Waals surface area contributed by atoms with Crippen molar-refractivity contribution in [2.45, 2.75) is 63.8 Å². The van der Waals surface area contributed by atoms with Gasteiger partial charge in [0, 0.05) is 30.5 Å². The Morgan fingerprint density at radius 2 is 2.07 bits per heavy atom. The third kappa shape index (κ3) is 4.61. The largest absolute Gasteiger partial charge is 0.330 e. The van der Waals surface area contributed by atoms with Crippen molar-refractivity contribution in [3.63, 3.8) is 0 Å². The molecule has 3 aliphatic rings. The summed E-state index contributed by atoms with van der Waals surface area (Å²) >= 11 is 1.35. The number of hydrogen-bond donors (Lipinski definition) is 3. The molecule has 0 radical (unpaired) electrons. The minimum absolute atomic E-state index is 0.0455. The van der Waals surface area contributed by atoms with Crippen molar-refractivity contribution in [2.75, 3.05) is 11.9 Å². The summed E-state index contributed by atoms with van der Waals surface area (Å²) < 4.78 is 0. The van der Waals surface area contributed by atoms with Gasteiger partial charge in [-0.1, -0.05) is 25.7 Å². The summed E-state index contributed by atoms with van der Waals surface area (Å²) in [4.78, 5) is 44.1. The SMILES string of the molecule is O=C(C[C@@H](CC1CCCC1)C(=O)N1CC2(CC2)CC1C(=O)Nc1nccs1)NO. The summed E-state index contributed by atoms with van der Waals surface area (Å²) in [7, 11) is 0. The van der Waals surface area contributed by atoms with Crippen molar-refractivity contribution < 1.29 is 19.6 Å². The van der Waals surface area contributed by atoms with Gasteiger partial charge in [-0.25, -0.2) is 10.5 Å². The topological polar surface area (TPSA) is 112 Å². The number of nitrogens with one attached hydrogen (secondary N) is 2. The highest BCUT2D eigenvalue weighted by Crippen LogP contribution is 2.55. The first-order chi connectivity index (χ1) is 14.0. The van der Waals surface area contributed by atoms with Gasteiger partial charge in [0.2, 0.25) is 17.7 Å². The monoisotopic (exact) mass is 420 g/mol. The number of hydrogen-bond acceptors (Lipinski definition) is 6. The maximum atomic E-state index is 13.5. The molecule has 29 heavy (non-hydrogen) atoms. The molecule has 3 amide bonds. The summed E-state index contributed by atoms with van der Waals surface area (Å²) in [6, 6.07) is -0.530. The maximum absolute atomic E-state index is 13.5. The van der Waals surface area contributed by atoms with Gasteiger partial charge in [-0.3, -0.25) is 19.6 Å². The molecular weight excluding hydrogens is 392 g/mol. The van der Waals surface area contributed by atoms with E-state index in [2.05, 4.69) is 10.3 Å². The molecule has 0 aromatic carbocycles. The number of carbonyl (C=O) groups is 3. The quantitative estimate of drug-likeness (QED) is 0.464. The van der Waals surface area contributed by atoms with Crippen LogP contribution in [0.3, 0.4) is 0 Å². The molecule has 1 aromatic heterocycles. The molecule has 3 N–H and O–H groups in total. The van der Waals surface area contributed by atoms with Gasteiger partial charge < -0.3 is 10.2 Å². The van der Waals surface area contributed by atoms with Crippen LogP contribution in [-0.2, 0) is 14.4 Å². The standard InChI is InChI=1S/C20H28N4O4S/c25-16(23-28)10-14(9-13-3-1-2-4-13)18(27)24-12-20(5-6-20)11-15(24)17(26)22-19-21-7-8-29-19/h7-8,13-15,28H,1-6,9-12H2,(H,23,25)(H,21,22,26)/t14-,15?/m1/s1. The Bertz CT molecular complexity index is 759. The van der Waals surface area contributed by atoms with Gasteiger partial charge in [0.1, 0.15) is 6.04 Å². The summed E-state index contributed by atoms with van der Waals surface area (Å²) in [6.07, 6.45) is 9.40. The number of likely N-dealkylation sites (tertiary alicyclic amines) is 1. The lowest BCUT2D eigenvalue weighted by atomic mass is 9.89. The van der Waals surface area contributed by atoms with Crippen LogP contribution in [0.25, 0.3) is 0 Å². The van der Waals surface area contributed by atoms with E-state index >= 15 is 0 Å². The number of hydroxylamine groups is 1. The van der Waals surface area contributed by atoms with Crippen molar-refractivity contribution in [1.82, 2.24) is 15.4 Å². The number of nitrogens with zero attached hydrogens (tertiary/aromatic N) is 2. The van der Waals surface area contributed by atoms with E-state index in [0.29, 0.717) is 30.4 Å². The first kappa shape index (κ1) is 20.3. The molecule has 8 nitrogen and oxygen atoms in total. The number of anilines is 1. The number of amides is 3. The molecule has 1 aromatic rings. The number of aromatic nitrogens is 1. The summed E-state index contributed by atoms with van der Waals surface area (Å²) in [5.74, 6) is -0.970. The second kappa shape index (κ2) is 8.39. The zero-order valence-electron chi connectivity index (χ0n) is 16.4. The van der Waals surface area contributed by atoms with Crippen LogP contribution >= 0.6 is 11.3 Å². The lowest BCUT2D eigenvalue weighted by molar-refractivity contribution is -0.144. The van der Waals surface area contributed by atoms with Crippen molar-refractivity contribution in [3.8, 4) is 0 Å². The van der Waals surface area contributed by atoms with Crippen LogP contribution in [0, 0.1) is 17.3 Å². The molecule has 2 atom stereocenters. The molecule has 1 saturated heterocycles. The molecule has 4 rings (SSSR count). The highest BCUT2D eigenvalue weighted by Gasteiger charge is 2.55. The van der Waals surface area contributed by atoms with E-state index < -0.39 is 17.9 Å². The van der Waals surface area contributed by atoms with E-state index in [-0.39, 0.29) is 23.7 Å². The molecule has 158 valence electrons. The summed E-state index contributed by atoms with van der Waals surface area (Å²) in [5, 5.41) is 14.1. The van der Waals surface area contributed by atoms with Crippen molar-refractivity contribution >= 4 is 34.2 Å². The van der Waals surface area contributed by atoms with Gasteiger partial charge >= 0.3 is 0 Å². The highest BCUT2D eigenvalue weighted by molar-refractivity contribution is 7.13. The smallest absolute Gasteiger partial charge is 0.248 e. The van der Waals surface area contributed by atoms with Gasteiger partial charge in [0.25, 0.3) is 0 Å². The number of thiazole rings is 1. The van der Waals surface area contributed by atoms with E-state index in [9.17, 15) is 14.4 Å². The predicted molar refractivity (Wildman–Crippen MR) is 107 cm³/mol. The molecule has 9 heteroatoms. The van der Waals surface area contributed by atoms with Crippen LogP contribution < -0.4 is 10.8 Å². The Labute approximate surface area is 174 Å². The van der Waals surface area contributed by atoms with Crippen molar-refractivity contribution in [2.24, 2.45) is 17.3 Å². The summed E-state index contributed by atoms with van der Waals surface area (Å²) in [6.45, 7) is 0.573. The van der Waals surface area contributed by atoms with E-state index in [4.69, 9.17) is 5.21 Å². The Kier molecular flexibility index (Phi) is 5.87. The normalized spacial score (nSPS) is 23.9. The zero-order chi connectivity index (χ0) is 20.4. The lowest BCUT2D eigenvalue weighted by Gasteiger charge is -2.29. The molecule has 3 fully saturated rings. The van der Waals surface area contributed by atoms with Crippen LogP contribution in [0.4, 0.5) is 5.13 Å². The van der Waals surface area contributed by atoms with E-state index in [0.717, 1.165) is 38.5 Å². The average molecular weight is 421 g/mol. The molecule has 2 saturated carbocycles. The zero-order valence-corrected chi connectivity index (χ0v) is 17.2. The van der Waals surface area contributed by atoms with Crippen LogP contribution in [0.2, 0.25) is 0 Å². The Balaban J connectivity index is 1.50. The third-order valence-corrected chi connectivity index (χ3v) is 7.40. The fraction of sp³-hybridized carbons (Fsp3) is 0.700. The highest BCUT2D eigenvalue weighted by atomic mass is 32.1. The molecule has 0 bridgehead atoms. The molecule has 2 heterocycles. The Morgan fingerprint density at radius 3 is 2.69 bits per heavy atom. The van der Waals surface area contributed by atoms with E-state index in [1.54, 1.807) is 22.0 Å². The molecule has 2 aliphatic carbocycles. The van der Waals surface area contributed by atoms with Crippen molar-refractivity contribution in [3.05, 3.63) is 11.6 Å². The molecular formula is C20H28N4O4S. The minimum atomic E-state index is -0.550. The maximum Gasteiger partial charge on any atom is 0.248 e. The molecule has 1 aliphatic heterocycles. The average Bonchev–Trinajstić information content (AvgIpc) is 3.13. The first-order valence-corrected chi connectivity index (χ1v) is 11.3. The van der Waals surface area contributed by atoms with Gasteiger partial charge in [0.15, 0.2) is 5.13 Å². The van der Waals surface area contributed by atoms with Crippen LogP contribution in [0.5, 0.6) is 0 Å². The third-order valence-electron chi connectivity index (χ3n) is 6.71. The fourth-order valence-corrected chi connectivity index (χ4v) is 5.49. The van der Waals surface area contributed by atoms with Gasteiger partial charge in [-0.15, -0.1) is 11.3 Å². The van der Waals surface area contributed by atoms with Crippen LogP contribution in [-0.4, -0.2) is 45.4 Å². The van der Waals surface area contributed by atoms with Gasteiger partial charge in [-0.2, -0.15) is 0 Å². The van der Waals surface area contributed by atoms with E-state index in [1.807, 2.05) is 0 Å². The molecule has 1 unspecified atom stereocenters. The fourth-order valence-electron chi connectivity index (χ4n) is 4.96. The summed E-state index contributed by atoms with van der Waals surface area (Å²) in [5.41, 5.74) is 1.72. The van der Waals surface area contributed by atoms with Crippen LogP contribution in [0.15, 0.2) is 11.6 Å². The lowest BCUT2D eigenvalue weighted by Crippen LogP contribution is -2.46. The van der Waals surface area contributed by atoms with Crippen LogP contribution in [0.1, 0.15) is 57.8 Å². The predicted octanol–water partition coefficient (Wildman–Crippen LogP) is 2.55. The Hall–Kier alpha value is -2.00. The first-order valence-electron chi connectivity index (χ1n) is 10.4.